The molecule has 0 saturated carbocycles. The molecular weight excluding hydrogens is 210 g/mol. The Bertz CT molecular complexity index is 222. The van der Waals surface area contributed by atoms with Gasteiger partial charge in [-0.25, -0.2) is 0 Å². The topological polar surface area (TPSA) is 39.1 Å². The van der Waals surface area contributed by atoms with Crippen molar-refractivity contribution in [3.63, 3.8) is 0 Å². The van der Waals surface area contributed by atoms with Crippen molar-refractivity contribution in [1.29, 1.82) is 5.26 Å². The third-order valence-corrected chi connectivity index (χ3v) is 3.17. The average molecular weight is 239 g/mol. The van der Waals surface area contributed by atoms with Gasteiger partial charge in [-0.15, -0.1) is 0 Å². The molecule has 0 spiro atoms. The maximum Gasteiger partial charge on any atom is 0.103 e. The molecule has 0 radical (unpaired) electrons. The number of rotatable bonds is 10. The van der Waals surface area contributed by atoms with Crippen LogP contribution in [0.1, 0.15) is 52.9 Å². The highest BCUT2D eigenvalue weighted by molar-refractivity contribution is 5.03. The minimum atomic E-state index is -0.348. The van der Waals surface area contributed by atoms with Crippen LogP contribution < -0.4 is 5.32 Å². The highest BCUT2D eigenvalue weighted by atomic mass is 15.1. The molecule has 3 heteroatoms. The summed E-state index contributed by atoms with van der Waals surface area (Å²) >= 11 is 0. The standard InChI is InChI=1S/C14H29N3/c1-5-7-8-11-17(4)12-9-10-14(3,13-15)16-6-2/h16H,5-12H2,1-4H3. The fourth-order valence-electron chi connectivity index (χ4n) is 2.02. The van der Waals surface area contributed by atoms with E-state index in [0.29, 0.717) is 0 Å². The zero-order chi connectivity index (χ0) is 13.1. The second kappa shape index (κ2) is 9.44. The molecule has 0 amide bonds. The maximum absolute atomic E-state index is 9.13. The van der Waals surface area contributed by atoms with Crippen molar-refractivity contribution in [2.45, 2.75) is 58.4 Å². The van der Waals surface area contributed by atoms with Gasteiger partial charge in [0.2, 0.25) is 0 Å². The van der Waals surface area contributed by atoms with Crippen LogP contribution in [0.25, 0.3) is 0 Å². The lowest BCUT2D eigenvalue weighted by atomic mass is 9.97. The van der Waals surface area contributed by atoms with Crippen LogP contribution in [0.2, 0.25) is 0 Å². The van der Waals surface area contributed by atoms with Crippen LogP contribution in [0.3, 0.4) is 0 Å². The zero-order valence-electron chi connectivity index (χ0n) is 12.1. The van der Waals surface area contributed by atoms with Crippen LogP contribution in [0, 0.1) is 11.3 Å². The molecule has 100 valence electrons. The third-order valence-electron chi connectivity index (χ3n) is 3.17. The molecule has 1 unspecified atom stereocenters. The van der Waals surface area contributed by atoms with Crippen molar-refractivity contribution in [2.24, 2.45) is 0 Å². The first kappa shape index (κ1) is 16.4. The van der Waals surface area contributed by atoms with Crippen LogP contribution in [0.5, 0.6) is 0 Å². The van der Waals surface area contributed by atoms with Crippen molar-refractivity contribution < 1.29 is 0 Å². The molecule has 1 atom stereocenters. The van der Waals surface area contributed by atoms with Crippen LogP contribution in [-0.2, 0) is 0 Å². The predicted molar refractivity (Wildman–Crippen MR) is 74.0 cm³/mol. The van der Waals surface area contributed by atoms with Gasteiger partial charge < -0.3 is 4.90 Å². The summed E-state index contributed by atoms with van der Waals surface area (Å²) in [5, 5.41) is 12.4. The Balaban J connectivity index is 3.70. The molecule has 0 aliphatic rings. The highest BCUT2D eigenvalue weighted by Crippen LogP contribution is 2.11. The average Bonchev–Trinajstić information content (AvgIpc) is 2.30. The molecule has 0 saturated heterocycles. The molecule has 0 bridgehead atoms. The summed E-state index contributed by atoms with van der Waals surface area (Å²) in [7, 11) is 2.17. The van der Waals surface area contributed by atoms with E-state index in [2.05, 4.69) is 30.3 Å². The SMILES string of the molecule is CCCCCN(C)CCCC(C)(C#N)NCC. The van der Waals surface area contributed by atoms with Crippen LogP contribution in [-0.4, -0.2) is 37.1 Å². The summed E-state index contributed by atoms with van der Waals surface area (Å²) in [6, 6.07) is 2.38. The van der Waals surface area contributed by atoms with E-state index in [0.717, 1.165) is 25.9 Å². The van der Waals surface area contributed by atoms with Crippen molar-refractivity contribution in [1.82, 2.24) is 10.2 Å². The zero-order valence-corrected chi connectivity index (χ0v) is 12.1. The highest BCUT2D eigenvalue weighted by Gasteiger charge is 2.21. The van der Waals surface area contributed by atoms with E-state index in [1.165, 1.54) is 25.8 Å². The van der Waals surface area contributed by atoms with Gasteiger partial charge in [-0.3, -0.25) is 5.32 Å². The molecular formula is C14H29N3. The van der Waals surface area contributed by atoms with Crippen molar-refractivity contribution >= 4 is 0 Å². The Kier molecular flexibility index (Phi) is 9.11. The first-order chi connectivity index (χ1) is 8.08. The summed E-state index contributed by atoms with van der Waals surface area (Å²) in [4.78, 5) is 2.37. The van der Waals surface area contributed by atoms with E-state index in [9.17, 15) is 0 Å². The Morgan fingerprint density at radius 1 is 1.18 bits per heavy atom. The lowest BCUT2D eigenvalue weighted by Crippen LogP contribution is -2.41. The smallest absolute Gasteiger partial charge is 0.103 e. The van der Waals surface area contributed by atoms with Gasteiger partial charge >= 0.3 is 0 Å². The predicted octanol–water partition coefficient (Wildman–Crippen LogP) is 2.78. The normalized spacial score (nSPS) is 14.6. The number of hydrogen-bond donors (Lipinski definition) is 1. The molecule has 0 aromatic rings. The van der Waals surface area contributed by atoms with E-state index in [4.69, 9.17) is 5.26 Å². The van der Waals surface area contributed by atoms with E-state index >= 15 is 0 Å². The lowest BCUT2D eigenvalue weighted by Gasteiger charge is -2.24. The van der Waals surface area contributed by atoms with Gasteiger partial charge in [-0.2, -0.15) is 5.26 Å². The second-order valence-corrected chi connectivity index (χ2v) is 5.09. The molecule has 0 aliphatic heterocycles. The number of nitrogens with zero attached hydrogens (tertiary/aromatic N) is 2. The van der Waals surface area contributed by atoms with Gasteiger partial charge in [0.05, 0.1) is 6.07 Å². The molecule has 0 aromatic carbocycles. The number of hydrogen-bond acceptors (Lipinski definition) is 3. The summed E-state index contributed by atoms with van der Waals surface area (Å²) in [5.74, 6) is 0. The largest absolute Gasteiger partial charge is 0.306 e. The fourth-order valence-corrected chi connectivity index (χ4v) is 2.02. The molecule has 0 aliphatic carbocycles. The van der Waals surface area contributed by atoms with Crippen molar-refractivity contribution in [2.75, 3.05) is 26.7 Å². The Morgan fingerprint density at radius 2 is 1.82 bits per heavy atom. The van der Waals surface area contributed by atoms with Gasteiger partial charge in [0.15, 0.2) is 0 Å². The Labute approximate surface area is 107 Å². The van der Waals surface area contributed by atoms with Crippen LogP contribution in [0.4, 0.5) is 0 Å². The Hall–Kier alpha value is -0.590. The molecule has 1 N–H and O–H groups in total. The van der Waals surface area contributed by atoms with Gasteiger partial charge in [0.25, 0.3) is 0 Å². The molecule has 3 nitrogen and oxygen atoms in total. The van der Waals surface area contributed by atoms with Gasteiger partial charge in [-0.1, -0.05) is 26.7 Å². The third kappa shape index (κ3) is 8.18. The summed E-state index contributed by atoms with van der Waals surface area (Å²) in [6.07, 6.45) is 5.89. The number of nitrogens with one attached hydrogen (secondary N) is 1. The molecule has 0 rings (SSSR count). The van der Waals surface area contributed by atoms with Gasteiger partial charge in [0, 0.05) is 0 Å². The fraction of sp³-hybridized carbons (Fsp3) is 0.929. The minimum Gasteiger partial charge on any atom is -0.306 e. The second-order valence-electron chi connectivity index (χ2n) is 5.09. The Morgan fingerprint density at radius 3 is 2.35 bits per heavy atom. The maximum atomic E-state index is 9.13. The first-order valence-corrected chi connectivity index (χ1v) is 6.92. The van der Waals surface area contributed by atoms with E-state index in [1.807, 2.05) is 13.8 Å². The monoisotopic (exact) mass is 239 g/mol. The molecule has 0 fully saturated rings. The molecule has 0 aromatic heterocycles. The van der Waals surface area contributed by atoms with E-state index in [1.54, 1.807) is 0 Å². The lowest BCUT2D eigenvalue weighted by molar-refractivity contribution is 0.300. The molecule has 0 heterocycles. The van der Waals surface area contributed by atoms with E-state index in [-0.39, 0.29) is 5.54 Å². The number of unbranched alkanes of at least 4 members (excludes halogenated alkanes) is 2. The minimum absolute atomic E-state index is 0.348. The summed E-state index contributed by atoms with van der Waals surface area (Å²) in [5.41, 5.74) is -0.348. The summed E-state index contributed by atoms with van der Waals surface area (Å²) in [6.45, 7) is 9.40. The van der Waals surface area contributed by atoms with Crippen molar-refractivity contribution in [3.05, 3.63) is 0 Å². The van der Waals surface area contributed by atoms with Crippen LogP contribution in [0.15, 0.2) is 0 Å². The summed E-state index contributed by atoms with van der Waals surface area (Å²) < 4.78 is 0. The van der Waals surface area contributed by atoms with Gasteiger partial charge in [0.1, 0.15) is 5.54 Å². The van der Waals surface area contributed by atoms with Crippen LogP contribution >= 0.6 is 0 Å². The van der Waals surface area contributed by atoms with Crippen molar-refractivity contribution in [3.8, 4) is 6.07 Å². The quantitative estimate of drug-likeness (QED) is 0.596. The molecule has 17 heavy (non-hydrogen) atoms. The first-order valence-electron chi connectivity index (χ1n) is 6.92. The van der Waals surface area contributed by atoms with E-state index < -0.39 is 0 Å². The van der Waals surface area contributed by atoms with Gasteiger partial charge in [-0.05, 0) is 52.9 Å². The number of nitriles is 1.